The lowest BCUT2D eigenvalue weighted by atomic mass is 9.92. The minimum absolute atomic E-state index is 0.153. The summed E-state index contributed by atoms with van der Waals surface area (Å²) in [6.45, 7) is 2.64. The number of nitrogens with zero attached hydrogens (tertiary/aromatic N) is 3. The number of carbonyl (C=O) groups excluding carboxylic acids is 1. The average Bonchev–Trinajstić information content (AvgIpc) is 3.35. The SMILES string of the molecule is C[C@H]1CN(c2c(NC(=O)c3ccc(F)c(-c4c(F)cccc4F)n3)cnc3c2CC[C@H]3O)C[C@@H](N)[C@@H]1O.O=C(O)/C=C/C(=O)O. The fourth-order valence-corrected chi connectivity index (χ4v) is 5.26. The van der Waals surface area contributed by atoms with E-state index >= 15 is 0 Å². The molecular weight excluding hydrogens is 599 g/mol. The molecule has 45 heavy (non-hydrogen) atoms. The van der Waals surface area contributed by atoms with Gasteiger partial charge in [0.15, 0.2) is 0 Å². The normalized spacial score (nSPS) is 20.7. The number of halogens is 3. The highest BCUT2D eigenvalue weighted by molar-refractivity contribution is 6.05. The first-order valence-electron chi connectivity index (χ1n) is 13.7. The second kappa shape index (κ2) is 13.8. The summed E-state index contributed by atoms with van der Waals surface area (Å²) in [5.74, 6) is -6.41. The zero-order valence-electron chi connectivity index (χ0n) is 23.8. The van der Waals surface area contributed by atoms with Crippen molar-refractivity contribution in [2.75, 3.05) is 23.3 Å². The van der Waals surface area contributed by atoms with Crippen LogP contribution in [0.4, 0.5) is 24.5 Å². The van der Waals surface area contributed by atoms with Crippen molar-refractivity contribution in [2.24, 2.45) is 11.7 Å². The molecule has 0 spiro atoms. The summed E-state index contributed by atoms with van der Waals surface area (Å²) in [5.41, 5.74) is 6.85. The maximum Gasteiger partial charge on any atom is 0.328 e. The molecule has 1 aliphatic carbocycles. The van der Waals surface area contributed by atoms with Crippen LogP contribution in [-0.4, -0.2) is 73.5 Å². The van der Waals surface area contributed by atoms with Gasteiger partial charge in [0.1, 0.15) is 28.8 Å². The number of fused-ring (bicyclic) bond motifs is 1. The number of nitrogens with one attached hydrogen (secondary N) is 1. The summed E-state index contributed by atoms with van der Waals surface area (Å²) in [6.07, 6.45) is 2.11. The Hall–Kier alpha value is -4.86. The highest BCUT2D eigenvalue weighted by Gasteiger charge is 2.36. The number of carboxylic acids is 2. The van der Waals surface area contributed by atoms with Crippen LogP contribution in [0.1, 0.15) is 41.2 Å². The Bertz CT molecular complexity index is 1610. The van der Waals surface area contributed by atoms with E-state index in [9.17, 15) is 37.8 Å². The zero-order chi connectivity index (χ0) is 33.0. The smallest absolute Gasteiger partial charge is 0.328 e. The first kappa shape index (κ1) is 33.0. The lowest BCUT2D eigenvalue weighted by molar-refractivity contribution is -0.134. The number of aliphatic carboxylic acids is 2. The van der Waals surface area contributed by atoms with Gasteiger partial charge in [0.25, 0.3) is 5.91 Å². The van der Waals surface area contributed by atoms with Crippen molar-refractivity contribution in [2.45, 2.75) is 38.0 Å². The lowest BCUT2D eigenvalue weighted by Crippen LogP contribution is -2.56. The number of carboxylic acid groups (broad SMARTS) is 2. The van der Waals surface area contributed by atoms with E-state index in [2.05, 4.69) is 15.3 Å². The number of aliphatic hydroxyl groups is 2. The van der Waals surface area contributed by atoms with Crippen molar-refractivity contribution >= 4 is 29.2 Å². The molecule has 1 fully saturated rings. The predicted octanol–water partition coefficient (Wildman–Crippen LogP) is 2.65. The molecule has 0 radical (unpaired) electrons. The number of carbonyl (C=O) groups is 3. The van der Waals surface area contributed by atoms with Gasteiger partial charge in [-0.15, -0.1) is 0 Å². The topological polar surface area (TPSA) is 199 Å². The molecule has 2 aliphatic rings. The Morgan fingerprint density at radius 3 is 2.24 bits per heavy atom. The number of piperidine rings is 1. The van der Waals surface area contributed by atoms with Crippen LogP contribution in [0.3, 0.4) is 0 Å². The summed E-state index contributed by atoms with van der Waals surface area (Å²) in [7, 11) is 0. The minimum Gasteiger partial charge on any atom is -0.478 e. The van der Waals surface area contributed by atoms with Crippen LogP contribution in [0, 0.1) is 23.4 Å². The van der Waals surface area contributed by atoms with Gasteiger partial charge in [0, 0.05) is 42.8 Å². The van der Waals surface area contributed by atoms with Gasteiger partial charge in [-0.2, -0.15) is 0 Å². The first-order valence-corrected chi connectivity index (χ1v) is 13.7. The van der Waals surface area contributed by atoms with Crippen LogP contribution in [-0.2, 0) is 16.0 Å². The van der Waals surface area contributed by atoms with Gasteiger partial charge in [0.05, 0.1) is 41.0 Å². The van der Waals surface area contributed by atoms with Crippen LogP contribution >= 0.6 is 0 Å². The van der Waals surface area contributed by atoms with Gasteiger partial charge in [-0.05, 0) is 37.1 Å². The number of aliphatic hydroxyl groups excluding tert-OH is 2. The summed E-state index contributed by atoms with van der Waals surface area (Å²) in [5, 5.41) is 39.1. The summed E-state index contributed by atoms with van der Waals surface area (Å²) in [4.78, 5) is 42.5. The molecule has 4 atom stereocenters. The number of hydrogen-bond donors (Lipinski definition) is 6. The molecule has 1 aliphatic heterocycles. The Morgan fingerprint density at radius 1 is 1.00 bits per heavy atom. The standard InChI is InChI=1S/C26H26F3N5O3.C4H4O4/c1-12-10-34(11-17(30)25(12)36)24-13-5-8-20(35)22(13)31-9-19(24)33-26(37)18-7-6-16(29)23(32-18)21-14(27)3-2-4-15(21)28;5-3(6)1-2-4(7)8/h2-4,6-7,9,12,17,20,25,35-36H,5,8,10-11,30H2,1H3,(H,33,37);1-2H,(H,5,6)(H,7,8)/b;2-1+/t12-,17+,20+,25+;/m0./s1. The van der Waals surface area contributed by atoms with E-state index in [0.29, 0.717) is 55.2 Å². The molecule has 7 N–H and O–H groups in total. The van der Waals surface area contributed by atoms with Crippen LogP contribution < -0.4 is 16.0 Å². The molecular formula is C30H30F3N5O7. The molecule has 238 valence electrons. The number of aromatic nitrogens is 2. The third-order valence-corrected chi connectivity index (χ3v) is 7.34. The van der Waals surface area contributed by atoms with Gasteiger partial charge in [0.2, 0.25) is 0 Å². The number of rotatable bonds is 6. The molecule has 5 rings (SSSR count). The van der Waals surface area contributed by atoms with Crippen LogP contribution in [0.25, 0.3) is 11.3 Å². The molecule has 1 aromatic carbocycles. The van der Waals surface area contributed by atoms with E-state index in [4.69, 9.17) is 15.9 Å². The van der Waals surface area contributed by atoms with Crippen molar-refractivity contribution < 1.29 is 48.0 Å². The monoisotopic (exact) mass is 629 g/mol. The van der Waals surface area contributed by atoms with E-state index in [0.717, 1.165) is 35.9 Å². The zero-order valence-corrected chi connectivity index (χ0v) is 23.8. The number of hydrogen-bond acceptors (Lipinski definition) is 9. The quantitative estimate of drug-likeness (QED) is 0.219. The van der Waals surface area contributed by atoms with Crippen molar-refractivity contribution in [3.63, 3.8) is 0 Å². The van der Waals surface area contributed by atoms with E-state index < -0.39 is 64.8 Å². The largest absolute Gasteiger partial charge is 0.478 e. The highest BCUT2D eigenvalue weighted by Crippen LogP contribution is 2.41. The molecule has 12 nitrogen and oxygen atoms in total. The predicted molar refractivity (Wildman–Crippen MR) is 155 cm³/mol. The fourth-order valence-electron chi connectivity index (χ4n) is 5.26. The lowest BCUT2D eigenvalue weighted by Gasteiger charge is -2.41. The second-order valence-electron chi connectivity index (χ2n) is 10.6. The highest BCUT2D eigenvalue weighted by atomic mass is 19.1. The van der Waals surface area contributed by atoms with E-state index in [1.165, 1.54) is 6.20 Å². The fraction of sp³-hybridized carbons (Fsp3) is 0.300. The third kappa shape index (κ3) is 7.45. The first-order chi connectivity index (χ1) is 21.3. The van der Waals surface area contributed by atoms with Crippen molar-refractivity contribution in [1.82, 2.24) is 9.97 Å². The number of benzene rings is 1. The molecule has 1 saturated heterocycles. The Balaban J connectivity index is 0.000000510. The molecule has 0 saturated carbocycles. The van der Waals surface area contributed by atoms with Crippen LogP contribution in [0.15, 0.2) is 48.7 Å². The van der Waals surface area contributed by atoms with Gasteiger partial charge in [-0.25, -0.2) is 27.7 Å². The van der Waals surface area contributed by atoms with Crippen molar-refractivity contribution in [3.05, 3.63) is 83.1 Å². The van der Waals surface area contributed by atoms with E-state index in [-0.39, 0.29) is 11.6 Å². The summed E-state index contributed by atoms with van der Waals surface area (Å²) < 4.78 is 43.1. The minimum atomic E-state index is -1.26. The van der Waals surface area contributed by atoms with Crippen LogP contribution in [0.5, 0.6) is 0 Å². The number of anilines is 2. The van der Waals surface area contributed by atoms with E-state index in [1.807, 2.05) is 11.8 Å². The van der Waals surface area contributed by atoms with Gasteiger partial charge in [-0.3, -0.25) is 9.78 Å². The molecule has 1 amide bonds. The average molecular weight is 630 g/mol. The molecule has 3 aromatic rings. The Labute approximate surface area is 254 Å². The number of amides is 1. The molecule has 3 heterocycles. The molecule has 0 bridgehead atoms. The molecule has 0 unspecified atom stereocenters. The maximum atomic E-state index is 14.5. The Kier molecular flexibility index (Phi) is 10.2. The molecule has 15 heteroatoms. The Morgan fingerprint density at radius 2 is 1.64 bits per heavy atom. The van der Waals surface area contributed by atoms with Gasteiger partial charge >= 0.3 is 11.9 Å². The summed E-state index contributed by atoms with van der Waals surface area (Å²) >= 11 is 0. The summed E-state index contributed by atoms with van der Waals surface area (Å²) in [6, 6.07) is 4.61. The molecule has 2 aromatic heterocycles. The van der Waals surface area contributed by atoms with Crippen molar-refractivity contribution in [3.8, 4) is 11.3 Å². The van der Waals surface area contributed by atoms with Crippen molar-refractivity contribution in [1.29, 1.82) is 0 Å². The third-order valence-electron chi connectivity index (χ3n) is 7.34. The number of pyridine rings is 2. The van der Waals surface area contributed by atoms with E-state index in [1.54, 1.807) is 0 Å². The van der Waals surface area contributed by atoms with Gasteiger partial charge in [-0.1, -0.05) is 13.0 Å². The second-order valence-corrected chi connectivity index (χ2v) is 10.6. The van der Waals surface area contributed by atoms with Gasteiger partial charge < -0.3 is 36.4 Å². The van der Waals surface area contributed by atoms with Crippen LogP contribution in [0.2, 0.25) is 0 Å². The number of nitrogens with two attached hydrogens (primary N) is 1. The maximum absolute atomic E-state index is 14.5.